The van der Waals surface area contributed by atoms with Crippen LogP contribution in [0.2, 0.25) is 0 Å². The van der Waals surface area contributed by atoms with E-state index < -0.39 is 10.8 Å². The molecule has 0 unspecified atom stereocenters. The van der Waals surface area contributed by atoms with Gasteiger partial charge in [-0.15, -0.1) is 34.0 Å². The van der Waals surface area contributed by atoms with Gasteiger partial charge in [-0.1, -0.05) is 145 Å². The lowest BCUT2D eigenvalue weighted by Crippen LogP contribution is -2.37. The van der Waals surface area contributed by atoms with Gasteiger partial charge in [-0.05, 0) is 164 Å². The molecule has 9 aromatic carbocycles. The quantitative estimate of drug-likeness (QED) is 0.171. The number of hydrogen-bond acceptors (Lipinski definition) is 5. The first-order valence-electron chi connectivity index (χ1n) is 26.0. The Bertz CT molecular complexity index is 4650. The number of furan rings is 1. The summed E-state index contributed by atoms with van der Waals surface area (Å²) in [6.07, 6.45) is 0. The summed E-state index contributed by atoms with van der Waals surface area (Å²) in [6.45, 7) is 4.39. The zero-order valence-electron chi connectivity index (χ0n) is 41.5. The monoisotopic (exact) mass is 1020 g/mol. The average Bonchev–Trinajstić information content (AvgIpc) is 4.32. The van der Waals surface area contributed by atoms with Gasteiger partial charge in [0, 0.05) is 53.1 Å². The van der Waals surface area contributed by atoms with Gasteiger partial charge < -0.3 is 13.9 Å². The van der Waals surface area contributed by atoms with E-state index in [2.05, 4.69) is 246 Å². The Labute approximate surface area is 451 Å². The predicted octanol–water partition coefficient (Wildman–Crippen LogP) is 19.7. The molecule has 0 atom stereocenters. The molecule has 0 fully saturated rings. The van der Waals surface area contributed by atoms with Crippen molar-refractivity contribution in [3.8, 4) is 37.0 Å². The van der Waals surface area contributed by atoms with Crippen LogP contribution in [-0.2, 0) is 10.8 Å². The van der Waals surface area contributed by atoms with E-state index in [9.17, 15) is 0 Å². The molecule has 6 heterocycles. The summed E-state index contributed by atoms with van der Waals surface area (Å²) in [5, 5.41) is 11.5. The smallest absolute Gasteiger partial charge is 0.135 e. The number of nitrogens with zero attached hydrogens (tertiary/aromatic N) is 2. The maximum Gasteiger partial charge on any atom is 0.135 e. The highest BCUT2D eigenvalue weighted by Crippen LogP contribution is 2.70. The van der Waals surface area contributed by atoms with Crippen molar-refractivity contribution < 1.29 is 4.42 Å². The third-order valence-electron chi connectivity index (χ3n) is 17.1. The molecule has 17 rings (SSSR count). The van der Waals surface area contributed by atoms with Crippen LogP contribution in [0.5, 0.6) is 0 Å². The second-order valence-electron chi connectivity index (χ2n) is 20.9. The van der Waals surface area contributed by atoms with Crippen LogP contribution in [0.4, 0.5) is 17.1 Å². The molecule has 0 saturated heterocycles. The Hall–Kier alpha value is -8.52. The highest BCUT2D eigenvalue weighted by molar-refractivity contribution is 7.21. The summed E-state index contributed by atoms with van der Waals surface area (Å²) in [5.41, 5.74) is 24.4. The van der Waals surface area contributed by atoms with Gasteiger partial charge in [0.1, 0.15) is 11.2 Å². The number of para-hydroxylation sites is 2. The number of rotatable bonds is 5. The molecule has 3 nitrogen and oxygen atoms in total. The molecule has 2 aliphatic carbocycles. The Kier molecular flexibility index (Phi) is 8.74. The molecule has 1 aliphatic heterocycles. The van der Waals surface area contributed by atoms with Crippen LogP contribution in [0.1, 0.15) is 55.6 Å². The van der Waals surface area contributed by atoms with Crippen LogP contribution in [0.15, 0.2) is 233 Å². The molecule has 0 amide bonds. The number of aryl methyl sites for hydroxylation is 2. The van der Waals surface area contributed by atoms with Gasteiger partial charge in [0.05, 0.1) is 33.2 Å². The normalized spacial score (nSPS) is 14.4. The van der Waals surface area contributed by atoms with Gasteiger partial charge in [-0.2, -0.15) is 0 Å². The predicted molar refractivity (Wildman–Crippen MR) is 319 cm³/mol. The maximum absolute atomic E-state index is 6.34. The summed E-state index contributed by atoms with van der Waals surface area (Å²) >= 11 is 5.57. The molecule has 0 N–H and O–H groups in total. The van der Waals surface area contributed by atoms with Crippen molar-refractivity contribution in [3.63, 3.8) is 0 Å². The van der Waals surface area contributed by atoms with Crippen molar-refractivity contribution in [2.24, 2.45) is 0 Å². The lowest BCUT2D eigenvalue weighted by Gasteiger charge is -2.46. The Morgan fingerprint density at radius 2 is 1.07 bits per heavy atom. The lowest BCUT2D eigenvalue weighted by molar-refractivity contribution is 0.669. The van der Waals surface area contributed by atoms with E-state index in [-0.39, 0.29) is 0 Å². The summed E-state index contributed by atoms with van der Waals surface area (Å²) < 4.78 is 8.77. The van der Waals surface area contributed by atoms with Gasteiger partial charge in [-0.25, -0.2) is 0 Å². The zero-order chi connectivity index (χ0) is 50.0. The van der Waals surface area contributed by atoms with Crippen LogP contribution in [-0.4, -0.2) is 4.57 Å². The number of aromatic nitrogens is 1. The van der Waals surface area contributed by atoms with E-state index in [0.717, 1.165) is 38.8 Å². The number of thiophene rings is 3. The third-order valence-corrected chi connectivity index (χ3v) is 20.0. The zero-order valence-corrected chi connectivity index (χ0v) is 43.9. The number of benzene rings is 9. The fraction of sp³-hybridized carbons (Fsp3) is 0.0571. The first-order valence-corrected chi connectivity index (χ1v) is 28.7. The minimum Gasteiger partial charge on any atom is -0.456 e. The highest BCUT2D eigenvalue weighted by atomic mass is 32.1. The summed E-state index contributed by atoms with van der Waals surface area (Å²) in [6, 6.07) is 80.8. The highest BCUT2D eigenvalue weighted by Gasteiger charge is 2.57. The van der Waals surface area contributed by atoms with Crippen LogP contribution in [0.3, 0.4) is 0 Å². The molecular formula is C70H44N2OS3. The summed E-state index contributed by atoms with van der Waals surface area (Å²) in [7, 11) is 0. The van der Waals surface area contributed by atoms with Gasteiger partial charge in [0.2, 0.25) is 0 Å². The first kappa shape index (κ1) is 42.8. The van der Waals surface area contributed by atoms with E-state index >= 15 is 0 Å². The van der Waals surface area contributed by atoms with Gasteiger partial charge >= 0.3 is 0 Å². The molecule has 0 saturated carbocycles. The second kappa shape index (κ2) is 15.5. The van der Waals surface area contributed by atoms with Crippen molar-refractivity contribution in [1.82, 2.24) is 4.57 Å². The van der Waals surface area contributed by atoms with Crippen LogP contribution in [0.25, 0.3) is 80.8 Å². The topological polar surface area (TPSA) is 21.3 Å². The minimum atomic E-state index is -0.620. The lowest BCUT2D eigenvalue weighted by atomic mass is 9.62. The fourth-order valence-corrected chi connectivity index (χ4v) is 16.8. The SMILES string of the molecule is Cc1ccc(C2(c3ccc(C)cc3)c3ccccc3-c3c2ccc2c3C3(c4ccc(-c5cccs5)cc4N2c2ccc4c(c2)c2ccccc2n4-c2ccc4oc5ccccc5c4c2)c2ccsc2-c2sccc23)cc1. The van der Waals surface area contributed by atoms with Crippen molar-refractivity contribution in [2.75, 3.05) is 4.90 Å². The van der Waals surface area contributed by atoms with Crippen molar-refractivity contribution >= 4 is 94.8 Å². The van der Waals surface area contributed by atoms with E-state index in [4.69, 9.17) is 4.42 Å². The molecule has 5 aromatic heterocycles. The Balaban J connectivity index is 0.997. The Morgan fingerprint density at radius 1 is 0.408 bits per heavy atom. The minimum absolute atomic E-state index is 0.586. The first-order chi connectivity index (χ1) is 37.5. The maximum atomic E-state index is 6.34. The third kappa shape index (κ3) is 5.45. The van der Waals surface area contributed by atoms with Gasteiger partial charge in [0.15, 0.2) is 0 Å². The summed E-state index contributed by atoms with van der Waals surface area (Å²) in [4.78, 5) is 6.63. The fourth-order valence-electron chi connectivity index (χ4n) is 14.0. The van der Waals surface area contributed by atoms with E-state index in [1.807, 2.05) is 28.7 Å². The van der Waals surface area contributed by atoms with Gasteiger partial charge in [0.25, 0.3) is 0 Å². The van der Waals surface area contributed by atoms with Gasteiger partial charge in [-0.3, -0.25) is 0 Å². The number of anilines is 3. The van der Waals surface area contributed by atoms with Crippen molar-refractivity contribution in [3.05, 3.63) is 284 Å². The Morgan fingerprint density at radius 3 is 1.83 bits per heavy atom. The van der Waals surface area contributed by atoms with Crippen LogP contribution in [0, 0.1) is 13.8 Å². The van der Waals surface area contributed by atoms with Crippen molar-refractivity contribution in [2.45, 2.75) is 24.7 Å². The number of fused-ring (bicyclic) bond motifs is 19. The second-order valence-corrected chi connectivity index (χ2v) is 23.6. The average molecular weight is 1030 g/mol. The molecule has 1 spiro atoms. The van der Waals surface area contributed by atoms with Crippen LogP contribution >= 0.6 is 34.0 Å². The standard InChI is InChI=1S/C70H44N2OS3/c1-41-17-22-44(23-18-41)69(45-24-19-42(2)20-25-45)53-13-6-3-12-50(53)65-55(69)29-31-60-66(65)70(56-33-36-75-67(56)68-57(70)34-37-76-68)54-28-21-43(64-16-9-35-74-64)38-61(54)72(60)46-26-30-59-51(39-46)48-10-4-7-14-58(48)71(59)47-27-32-63-52(40-47)49-11-5-8-15-62(49)73-63/h3-40H,1-2H3. The van der Waals surface area contributed by atoms with E-state index in [0.29, 0.717) is 0 Å². The molecular weight excluding hydrogens is 981 g/mol. The molecule has 76 heavy (non-hydrogen) atoms. The molecule has 0 radical (unpaired) electrons. The van der Waals surface area contributed by atoms with Crippen molar-refractivity contribution in [1.29, 1.82) is 0 Å². The molecule has 6 heteroatoms. The molecule has 0 bridgehead atoms. The largest absolute Gasteiger partial charge is 0.456 e. The summed E-state index contributed by atoms with van der Waals surface area (Å²) in [5.74, 6) is 0. The van der Waals surface area contributed by atoms with Crippen LogP contribution < -0.4 is 4.90 Å². The number of hydrogen-bond donors (Lipinski definition) is 0. The molecule has 358 valence electrons. The molecule has 3 aliphatic rings. The van der Waals surface area contributed by atoms with E-state index in [1.54, 1.807) is 11.3 Å². The molecule has 14 aromatic rings. The van der Waals surface area contributed by atoms with E-state index in [1.165, 1.54) is 115 Å².